The van der Waals surface area contributed by atoms with Gasteiger partial charge in [-0.15, -0.1) is 0 Å². The number of para-hydroxylation sites is 1. The lowest BCUT2D eigenvalue weighted by Gasteiger charge is -2.17. The molecule has 0 saturated heterocycles. The van der Waals surface area contributed by atoms with Gasteiger partial charge in [0.25, 0.3) is 0 Å². The van der Waals surface area contributed by atoms with Crippen molar-refractivity contribution in [1.82, 2.24) is 0 Å². The number of carbonyl (C=O) groups excluding carboxylic acids is 2. The number of carbonyl (C=O) groups is 3. The van der Waals surface area contributed by atoms with E-state index in [-0.39, 0.29) is 30.2 Å². The molecule has 130 valence electrons. The van der Waals surface area contributed by atoms with Gasteiger partial charge in [-0.1, -0.05) is 18.2 Å². The summed E-state index contributed by atoms with van der Waals surface area (Å²) in [6.45, 7) is 0. The van der Waals surface area contributed by atoms with E-state index in [9.17, 15) is 14.4 Å². The van der Waals surface area contributed by atoms with Crippen molar-refractivity contribution in [3.8, 4) is 0 Å². The average Bonchev–Trinajstić information content (AvgIpc) is 2.62. The number of hydrogen-bond acceptors (Lipinski definition) is 3. The quantitative estimate of drug-likeness (QED) is 0.810. The molecule has 6 heteroatoms. The highest BCUT2D eigenvalue weighted by Gasteiger charge is 2.11. The summed E-state index contributed by atoms with van der Waals surface area (Å²) >= 11 is 0. The lowest BCUT2D eigenvalue weighted by Crippen LogP contribution is -2.26. The highest BCUT2D eigenvalue weighted by atomic mass is 16.4. The third kappa shape index (κ3) is 5.46. The van der Waals surface area contributed by atoms with Crippen LogP contribution in [0.25, 0.3) is 0 Å². The molecule has 2 rings (SSSR count). The Kier molecular flexibility index (Phi) is 6.28. The average molecular weight is 340 g/mol. The highest BCUT2D eigenvalue weighted by molar-refractivity contribution is 5.94. The molecule has 0 bridgehead atoms. The molecule has 25 heavy (non-hydrogen) atoms. The summed E-state index contributed by atoms with van der Waals surface area (Å²) in [6.07, 6.45) is 0.931. The van der Waals surface area contributed by atoms with Crippen molar-refractivity contribution >= 4 is 29.2 Å². The molecule has 2 aromatic carbocycles. The number of amides is 2. The van der Waals surface area contributed by atoms with Gasteiger partial charge in [-0.25, -0.2) is 4.79 Å². The number of anilines is 2. The van der Waals surface area contributed by atoms with E-state index in [1.54, 1.807) is 11.9 Å². The molecular weight excluding hydrogens is 320 g/mol. The Morgan fingerprint density at radius 1 is 0.960 bits per heavy atom. The van der Waals surface area contributed by atoms with Gasteiger partial charge in [0.05, 0.1) is 5.56 Å². The normalized spacial score (nSPS) is 10.1. The van der Waals surface area contributed by atoms with Crippen molar-refractivity contribution in [1.29, 1.82) is 0 Å². The molecule has 0 aliphatic carbocycles. The predicted octanol–water partition coefficient (Wildman–Crippen LogP) is 3.16. The van der Waals surface area contributed by atoms with E-state index >= 15 is 0 Å². The molecule has 2 aromatic rings. The third-order valence-electron chi connectivity index (χ3n) is 3.73. The van der Waals surface area contributed by atoms with Crippen LogP contribution in [0.2, 0.25) is 0 Å². The monoisotopic (exact) mass is 340 g/mol. The number of rotatable bonds is 7. The van der Waals surface area contributed by atoms with Gasteiger partial charge in [-0.3, -0.25) is 9.59 Å². The van der Waals surface area contributed by atoms with E-state index in [1.807, 2.05) is 30.3 Å². The molecular formula is C19H20N2O4. The van der Waals surface area contributed by atoms with Crippen LogP contribution in [0.3, 0.4) is 0 Å². The number of carboxylic acid groups (broad SMARTS) is 1. The first-order chi connectivity index (χ1) is 12.0. The predicted molar refractivity (Wildman–Crippen MR) is 95.7 cm³/mol. The molecule has 0 saturated carbocycles. The molecule has 2 amide bonds. The molecule has 6 nitrogen and oxygen atoms in total. The van der Waals surface area contributed by atoms with Crippen LogP contribution in [0.1, 0.15) is 29.6 Å². The van der Waals surface area contributed by atoms with E-state index in [0.29, 0.717) is 12.1 Å². The number of benzene rings is 2. The van der Waals surface area contributed by atoms with Crippen LogP contribution in [0.5, 0.6) is 0 Å². The van der Waals surface area contributed by atoms with Crippen molar-refractivity contribution in [2.75, 3.05) is 17.3 Å². The third-order valence-corrected chi connectivity index (χ3v) is 3.73. The Morgan fingerprint density at radius 3 is 2.20 bits per heavy atom. The van der Waals surface area contributed by atoms with E-state index in [1.165, 1.54) is 24.3 Å². The Balaban J connectivity index is 1.76. The van der Waals surface area contributed by atoms with Crippen LogP contribution in [0.15, 0.2) is 54.6 Å². The van der Waals surface area contributed by atoms with Gasteiger partial charge in [0.2, 0.25) is 11.8 Å². The molecule has 0 aliphatic rings. The summed E-state index contributed by atoms with van der Waals surface area (Å²) in [7, 11) is 1.71. The maximum Gasteiger partial charge on any atom is 0.335 e. The molecule has 2 N–H and O–H groups in total. The minimum atomic E-state index is -1.01. The number of nitrogens with one attached hydrogen (secondary N) is 1. The van der Waals surface area contributed by atoms with Gasteiger partial charge in [-0.05, 0) is 42.8 Å². The summed E-state index contributed by atoms with van der Waals surface area (Å²) in [4.78, 5) is 36.4. The summed E-state index contributed by atoms with van der Waals surface area (Å²) in [5, 5.41) is 11.5. The summed E-state index contributed by atoms with van der Waals surface area (Å²) in [5.41, 5.74) is 1.51. The molecule has 0 unspecified atom stereocenters. The zero-order valence-electron chi connectivity index (χ0n) is 13.9. The van der Waals surface area contributed by atoms with Crippen molar-refractivity contribution in [2.45, 2.75) is 19.3 Å². The van der Waals surface area contributed by atoms with Crippen molar-refractivity contribution in [2.24, 2.45) is 0 Å². The number of aromatic carboxylic acids is 1. The van der Waals surface area contributed by atoms with Gasteiger partial charge in [0, 0.05) is 31.3 Å². The van der Waals surface area contributed by atoms with Crippen molar-refractivity contribution in [3.63, 3.8) is 0 Å². The number of hydrogen-bond donors (Lipinski definition) is 2. The summed E-state index contributed by atoms with van der Waals surface area (Å²) < 4.78 is 0. The Morgan fingerprint density at radius 2 is 1.60 bits per heavy atom. The SMILES string of the molecule is CN(C(=O)CCCC(=O)Nc1ccc(C(=O)O)cc1)c1ccccc1. The van der Waals surface area contributed by atoms with Gasteiger partial charge >= 0.3 is 5.97 Å². The second-order valence-corrected chi connectivity index (χ2v) is 5.57. The van der Waals surface area contributed by atoms with Crippen LogP contribution < -0.4 is 10.2 Å². The maximum atomic E-state index is 12.1. The minimum absolute atomic E-state index is 0.0511. The van der Waals surface area contributed by atoms with Crippen LogP contribution >= 0.6 is 0 Å². The smallest absolute Gasteiger partial charge is 0.335 e. The Bertz CT molecular complexity index is 742. The molecule has 0 heterocycles. The standard InChI is InChI=1S/C19H20N2O4/c1-21(16-6-3-2-4-7-16)18(23)9-5-8-17(22)20-15-12-10-14(11-13-15)19(24)25/h2-4,6-7,10-13H,5,8-9H2,1H3,(H,20,22)(H,24,25). The lowest BCUT2D eigenvalue weighted by atomic mass is 10.2. The number of carboxylic acids is 1. The van der Waals surface area contributed by atoms with E-state index in [2.05, 4.69) is 5.32 Å². The van der Waals surface area contributed by atoms with Gasteiger partial charge in [0.1, 0.15) is 0 Å². The first kappa shape index (κ1) is 18.2. The molecule has 0 aromatic heterocycles. The molecule has 0 atom stereocenters. The van der Waals surface area contributed by atoms with Crippen molar-refractivity contribution in [3.05, 3.63) is 60.2 Å². The molecule has 0 radical (unpaired) electrons. The fourth-order valence-corrected chi connectivity index (χ4v) is 2.28. The van der Waals surface area contributed by atoms with Gasteiger partial charge < -0.3 is 15.3 Å². The van der Waals surface area contributed by atoms with Gasteiger partial charge in [-0.2, -0.15) is 0 Å². The first-order valence-electron chi connectivity index (χ1n) is 7.92. The first-order valence-corrected chi connectivity index (χ1v) is 7.92. The highest BCUT2D eigenvalue weighted by Crippen LogP contribution is 2.14. The van der Waals surface area contributed by atoms with Crippen LogP contribution in [-0.2, 0) is 9.59 Å². The van der Waals surface area contributed by atoms with E-state index in [4.69, 9.17) is 5.11 Å². The zero-order chi connectivity index (χ0) is 18.2. The fraction of sp³-hybridized carbons (Fsp3) is 0.211. The second-order valence-electron chi connectivity index (χ2n) is 5.57. The Labute approximate surface area is 146 Å². The van der Waals surface area contributed by atoms with Crippen LogP contribution in [0, 0.1) is 0 Å². The van der Waals surface area contributed by atoms with E-state index < -0.39 is 5.97 Å². The summed E-state index contributed by atoms with van der Waals surface area (Å²) in [5.74, 6) is -1.28. The maximum absolute atomic E-state index is 12.1. The number of nitrogens with zero attached hydrogens (tertiary/aromatic N) is 1. The lowest BCUT2D eigenvalue weighted by molar-refractivity contribution is -0.118. The van der Waals surface area contributed by atoms with Crippen molar-refractivity contribution < 1.29 is 19.5 Å². The van der Waals surface area contributed by atoms with Gasteiger partial charge in [0.15, 0.2) is 0 Å². The Hall–Kier alpha value is -3.15. The molecule has 0 fully saturated rings. The van der Waals surface area contributed by atoms with Crippen LogP contribution in [0.4, 0.5) is 11.4 Å². The minimum Gasteiger partial charge on any atom is -0.478 e. The molecule has 0 aliphatic heterocycles. The topological polar surface area (TPSA) is 86.7 Å². The van der Waals surface area contributed by atoms with Crippen LogP contribution in [-0.4, -0.2) is 29.9 Å². The second kappa shape index (κ2) is 8.63. The fourth-order valence-electron chi connectivity index (χ4n) is 2.28. The summed E-state index contributed by atoms with van der Waals surface area (Å²) in [6, 6.07) is 15.2. The largest absolute Gasteiger partial charge is 0.478 e. The molecule has 0 spiro atoms. The zero-order valence-corrected chi connectivity index (χ0v) is 13.9. The van der Waals surface area contributed by atoms with E-state index in [0.717, 1.165) is 5.69 Å².